The van der Waals surface area contributed by atoms with Crippen LogP contribution in [0.3, 0.4) is 0 Å². The zero-order valence-corrected chi connectivity index (χ0v) is 17.5. The van der Waals surface area contributed by atoms with Gasteiger partial charge in [0.15, 0.2) is 12.4 Å². The molecule has 2 aromatic heterocycles. The molecule has 2 heterocycles. The van der Waals surface area contributed by atoms with Gasteiger partial charge in [-0.15, -0.1) is 0 Å². The van der Waals surface area contributed by atoms with Crippen LogP contribution in [0.25, 0.3) is 5.69 Å². The molecule has 148 valence electrons. The summed E-state index contributed by atoms with van der Waals surface area (Å²) in [5, 5.41) is 9.26. The highest BCUT2D eigenvalue weighted by Gasteiger charge is 2.18. The summed E-state index contributed by atoms with van der Waals surface area (Å²) in [6.07, 6.45) is 0.0875. The molecule has 3 aromatic rings. The van der Waals surface area contributed by atoms with Crippen LogP contribution in [-0.2, 0) is 22.6 Å². The lowest BCUT2D eigenvalue weighted by Gasteiger charge is -2.07. The molecule has 0 unspecified atom stereocenters. The van der Waals surface area contributed by atoms with Crippen molar-refractivity contribution < 1.29 is 14.1 Å². The van der Waals surface area contributed by atoms with Crippen LogP contribution in [0, 0.1) is 13.8 Å². The Hall–Kier alpha value is -2.38. The van der Waals surface area contributed by atoms with Gasteiger partial charge in [0.25, 0.3) is 5.89 Å². The second kappa shape index (κ2) is 8.32. The van der Waals surface area contributed by atoms with Crippen LogP contribution >= 0.6 is 23.2 Å². The molecule has 0 fully saturated rings. The summed E-state index contributed by atoms with van der Waals surface area (Å²) >= 11 is 12.1. The SMILES string of the molecule is Cc1nn(-c2ccc(Cl)c(Cl)c2)c(C)c1CC(=O)OCc1nc(C(C)C)no1. The number of halogens is 2. The van der Waals surface area contributed by atoms with Gasteiger partial charge in [-0.25, -0.2) is 4.68 Å². The molecule has 0 atom stereocenters. The summed E-state index contributed by atoms with van der Waals surface area (Å²) in [5.41, 5.74) is 3.12. The lowest BCUT2D eigenvalue weighted by molar-refractivity contribution is -0.144. The van der Waals surface area contributed by atoms with E-state index in [9.17, 15) is 4.79 Å². The van der Waals surface area contributed by atoms with Gasteiger partial charge in [0, 0.05) is 17.2 Å². The maximum absolute atomic E-state index is 12.3. The average Bonchev–Trinajstić information content (AvgIpc) is 3.23. The zero-order chi connectivity index (χ0) is 20.4. The van der Waals surface area contributed by atoms with Crippen LogP contribution in [0.15, 0.2) is 22.7 Å². The number of carbonyl (C=O) groups excluding carboxylic acids is 1. The number of carbonyl (C=O) groups is 1. The number of benzene rings is 1. The normalized spacial score (nSPS) is 11.2. The molecule has 0 radical (unpaired) electrons. The van der Waals surface area contributed by atoms with Crippen LogP contribution in [0.5, 0.6) is 0 Å². The predicted octanol–water partition coefficient (Wildman–Crippen LogP) is 4.59. The number of aromatic nitrogens is 4. The van der Waals surface area contributed by atoms with E-state index in [0.29, 0.717) is 15.9 Å². The van der Waals surface area contributed by atoms with E-state index in [4.69, 9.17) is 32.5 Å². The van der Waals surface area contributed by atoms with E-state index in [2.05, 4.69) is 15.2 Å². The van der Waals surface area contributed by atoms with Crippen molar-refractivity contribution in [2.24, 2.45) is 0 Å². The number of aryl methyl sites for hydroxylation is 1. The molecule has 0 saturated heterocycles. The quantitative estimate of drug-likeness (QED) is 0.540. The van der Waals surface area contributed by atoms with Crippen LogP contribution < -0.4 is 0 Å². The first-order valence-corrected chi connectivity index (χ1v) is 9.50. The Labute approximate surface area is 172 Å². The van der Waals surface area contributed by atoms with E-state index in [1.165, 1.54) is 0 Å². The van der Waals surface area contributed by atoms with Crippen LogP contribution in [0.1, 0.15) is 48.4 Å². The number of rotatable bonds is 6. The number of hydrogen-bond acceptors (Lipinski definition) is 6. The number of hydrogen-bond donors (Lipinski definition) is 0. The van der Waals surface area contributed by atoms with Crippen LogP contribution in [-0.4, -0.2) is 25.9 Å². The fraction of sp³-hybridized carbons (Fsp3) is 0.368. The molecule has 1 aromatic carbocycles. The van der Waals surface area contributed by atoms with Gasteiger partial charge < -0.3 is 9.26 Å². The Bertz CT molecular complexity index is 1010. The van der Waals surface area contributed by atoms with Crippen LogP contribution in [0.2, 0.25) is 10.0 Å². The lowest BCUT2D eigenvalue weighted by Crippen LogP contribution is -2.10. The minimum absolute atomic E-state index is 0.0580. The highest BCUT2D eigenvalue weighted by atomic mass is 35.5. The van der Waals surface area contributed by atoms with Gasteiger partial charge in [0.05, 0.1) is 27.8 Å². The van der Waals surface area contributed by atoms with E-state index in [1.807, 2.05) is 33.8 Å². The third-order valence-electron chi connectivity index (χ3n) is 4.27. The predicted molar refractivity (Wildman–Crippen MR) is 105 cm³/mol. The highest BCUT2D eigenvalue weighted by molar-refractivity contribution is 6.42. The van der Waals surface area contributed by atoms with E-state index in [-0.39, 0.29) is 24.8 Å². The topological polar surface area (TPSA) is 83.0 Å². The Morgan fingerprint density at radius 1 is 1.25 bits per heavy atom. The molecule has 0 saturated carbocycles. The molecule has 9 heteroatoms. The molecule has 0 spiro atoms. The molecule has 3 rings (SSSR count). The van der Waals surface area contributed by atoms with Gasteiger partial charge in [-0.3, -0.25) is 4.79 Å². The summed E-state index contributed by atoms with van der Waals surface area (Å²) in [7, 11) is 0. The van der Waals surface area contributed by atoms with Crippen molar-refractivity contribution in [2.45, 2.75) is 46.6 Å². The molecule has 7 nitrogen and oxygen atoms in total. The van der Waals surface area contributed by atoms with E-state index < -0.39 is 5.97 Å². The molecule has 0 aliphatic carbocycles. The minimum Gasteiger partial charge on any atom is -0.455 e. The Kier molecular flexibility index (Phi) is 6.05. The van der Waals surface area contributed by atoms with Crippen molar-refractivity contribution in [1.82, 2.24) is 19.9 Å². The third kappa shape index (κ3) is 4.36. The van der Waals surface area contributed by atoms with Crippen molar-refractivity contribution >= 4 is 29.2 Å². The van der Waals surface area contributed by atoms with E-state index in [0.717, 1.165) is 22.6 Å². The van der Waals surface area contributed by atoms with Crippen molar-refractivity contribution in [2.75, 3.05) is 0 Å². The Morgan fingerprint density at radius 2 is 2.00 bits per heavy atom. The van der Waals surface area contributed by atoms with Crippen molar-refractivity contribution in [3.8, 4) is 5.69 Å². The number of nitrogens with zero attached hydrogens (tertiary/aromatic N) is 4. The summed E-state index contributed by atoms with van der Waals surface area (Å²) in [5.74, 6) is 0.604. The fourth-order valence-corrected chi connectivity index (χ4v) is 2.99. The standard InChI is InChI=1S/C19H20Cl2N4O3/c1-10(2)19-22-17(28-24-19)9-27-18(26)8-14-11(3)23-25(12(14)4)13-5-6-15(20)16(21)7-13/h5-7,10H,8-9H2,1-4H3. The van der Waals surface area contributed by atoms with Gasteiger partial charge in [-0.05, 0) is 32.0 Å². The van der Waals surface area contributed by atoms with Gasteiger partial charge in [0.2, 0.25) is 0 Å². The Morgan fingerprint density at radius 3 is 2.64 bits per heavy atom. The second-order valence-electron chi connectivity index (χ2n) is 6.70. The molecule has 28 heavy (non-hydrogen) atoms. The monoisotopic (exact) mass is 422 g/mol. The fourth-order valence-electron chi connectivity index (χ4n) is 2.70. The van der Waals surface area contributed by atoms with E-state index in [1.54, 1.807) is 16.8 Å². The zero-order valence-electron chi connectivity index (χ0n) is 16.0. The summed E-state index contributed by atoms with van der Waals surface area (Å²) in [6, 6.07) is 5.25. The first kappa shape index (κ1) is 20.4. The number of esters is 1. The molecule has 0 N–H and O–H groups in total. The molecule has 0 aliphatic rings. The van der Waals surface area contributed by atoms with Gasteiger partial charge in [-0.2, -0.15) is 10.1 Å². The van der Waals surface area contributed by atoms with Crippen molar-refractivity contribution in [3.63, 3.8) is 0 Å². The lowest BCUT2D eigenvalue weighted by atomic mass is 10.1. The summed E-state index contributed by atoms with van der Waals surface area (Å²) in [4.78, 5) is 16.5. The molecule has 0 aliphatic heterocycles. The molecular weight excluding hydrogens is 403 g/mol. The number of ether oxygens (including phenoxy) is 1. The Balaban J connectivity index is 1.70. The third-order valence-corrected chi connectivity index (χ3v) is 5.01. The largest absolute Gasteiger partial charge is 0.455 e. The minimum atomic E-state index is -0.399. The molecule has 0 bridgehead atoms. The smallest absolute Gasteiger partial charge is 0.310 e. The summed E-state index contributed by atoms with van der Waals surface area (Å²) < 4.78 is 12.1. The van der Waals surface area contributed by atoms with Crippen molar-refractivity contribution in [3.05, 3.63) is 56.9 Å². The molecular formula is C19H20Cl2N4O3. The second-order valence-corrected chi connectivity index (χ2v) is 7.51. The van der Waals surface area contributed by atoms with E-state index >= 15 is 0 Å². The maximum Gasteiger partial charge on any atom is 0.310 e. The van der Waals surface area contributed by atoms with Gasteiger partial charge in [-0.1, -0.05) is 42.2 Å². The van der Waals surface area contributed by atoms with Gasteiger partial charge >= 0.3 is 5.97 Å². The maximum atomic E-state index is 12.3. The first-order valence-electron chi connectivity index (χ1n) is 8.75. The first-order chi connectivity index (χ1) is 13.3. The highest BCUT2D eigenvalue weighted by Crippen LogP contribution is 2.26. The van der Waals surface area contributed by atoms with Crippen LogP contribution in [0.4, 0.5) is 0 Å². The van der Waals surface area contributed by atoms with Gasteiger partial charge in [0.1, 0.15) is 0 Å². The average molecular weight is 423 g/mol. The molecule has 0 amide bonds. The summed E-state index contributed by atoms with van der Waals surface area (Å²) in [6.45, 7) is 7.58. The van der Waals surface area contributed by atoms with Crippen molar-refractivity contribution in [1.29, 1.82) is 0 Å².